The van der Waals surface area contributed by atoms with Crippen molar-refractivity contribution in [1.82, 2.24) is 4.90 Å². The van der Waals surface area contributed by atoms with E-state index in [1.807, 2.05) is 63.2 Å². The molecule has 4 heteroatoms. The third-order valence-corrected chi connectivity index (χ3v) is 5.67. The van der Waals surface area contributed by atoms with Gasteiger partial charge in [0, 0.05) is 13.1 Å². The van der Waals surface area contributed by atoms with Crippen molar-refractivity contribution >= 4 is 23.1 Å². The fraction of sp³-hybridized carbons (Fsp3) is 0.333. The summed E-state index contributed by atoms with van der Waals surface area (Å²) in [5, 5.41) is 0. The Labute approximate surface area is 166 Å². The Bertz CT molecular complexity index is 967. The predicted molar refractivity (Wildman–Crippen MR) is 112 cm³/mol. The van der Waals surface area contributed by atoms with Crippen LogP contribution in [-0.2, 0) is 9.59 Å². The molecule has 0 atom stereocenters. The molecule has 0 radical (unpaired) electrons. The van der Waals surface area contributed by atoms with Crippen molar-refractivity contribution in [3.05, 3.63) is 70.4 Å². The molecule has 1 fully saturated rings. The SMILES string of the molecule is Cc1ccc(C2=C(N3CCCCC3)C(=O)N(c3ccc(C)cc3C)C2=O)cc1. The summed E-state index contributed by atoms with van der Waals surface area (Å²) in [7, 11) is 0. The van der Waals surface area contributed by atoms with Crippen molar-refractivity contribution in [2.75, 3.05) is 18.0 Å². The Morgan fingerprint density at radius 2 is 1.39 bits per heavy atom. The minimum atomic E-state index is -0.221. The zero-order valence-electron chi connectivity index (χ0n) is 16.8. The van der Waals surface area contributed by atoms with Gasteiger partial charge >= 0.3 is 0 Å². The highest BCUT2D eigenvalue weighted by molar-refractivity contribution is 6.45. The van der Waals surface area contributed by atoms with E-state index >= 15 is 0 Å². The van der Waals surface area contributed by atoms with Crippen LogP contribution in [0.15, 0.2) is 48.2 Å². The van der Waals surface area contributed by atoms with Gasteiger partial charge < -0.3 is 4.90 Å². The van der Waals surface area contributed by atoms with Crippen LogP contribution in [0.5, 0.6) is 0 Å². The summed E-state index contributed by atoms with van der Waals surface area (Å²) in [5.41, 5.74) is 5.77. The number of carbonyl (C=O) groups is 2. The van der Waals surface area contributed by atoms with Gasteiger partial charge in [-0.3, -0.25) is 9.59 Å². The number of hydrogen-bond donors (Lipinski definition) is 0. The second-order valence-corrected chi connectivity index (χ2v) is 7.87. The molecule has 28 heavy (non-hydrogen) atoms. The van der Waals surface area contributed by atoms with E-state index in [9.17, 15) is 9.59 Å². The zero-order chi connectivity index (χ0) is 19.8. The molecular formula is C24H26N2O2. The average molecular weight is 374 g/mol. The molecule has 0 spiro atoms. The van der Waals surface area contributed by atoms with Gasteiger partial charge in [-0.1, -0.05) is 47.5 Å². The normalized spacial score (nSPS) is 17.7. The molecule has 0 bridgehead atoms. The van der Waals surface area contributed by atoms with Crippen LogP contribution in [0.4, 0.5) is 5.69 Å². The summed E-state index contributed by atoms with van der Waals surface area (Å²) in [6.07, 6.45) is 3.28. The number of carbonyl (C=O) groups excluding carboxylic acids is 2. The van der Waals surface area contributed by atoms with E-state index in [0.29, 0.717) is 17.0 Å². The van der Waals surface area contributed by atoms with E-state index in [4.69, 9.17) is 0 Å². The molecule has 2 aromatic rings. The van der Waals surface area contributed by atoms with Crippen LogP contribution >= 0.6 is 0 Å². The van der Waals surface area contributed by atoms with Gasteiger partial charge in [0.15, 0.2) is 0 Å². The number of anilines is 1. The summed E-state index contributed by atoms with van der Waals surface area (Å²) in [4.78, 5) is 30.5. The number of likely N-dealkylation sites (tertiary alicyclic amines) is 1. The van der Waals surface area contributed by atoms with Gasteiger partial charge in [0.1, 0.15) is 5.70 Å². The Kier molecular flexibility index (Phi) is 4.80. The summed E-state index contributed by atoms with van der Waals surface area (Å²) in [6, 6.07) is 13.7. The maximum absolute atomic E-state index is 13.5. The summed E-state index contributed by atoms with van der Waals surface area (Å²) in [6.45, 7) is 7.63. The average Bonchev–Trinajstić information content (AvgIpc) is 2.94. The molecule has 0 unspecified atom stereocenters. The van der Waals surface area contributed by atoms with E-state index in [-0.39, 0.29) is 11.8 Å². The zero-order valence-corrected chi connectivity index (χ0v) is 16.8. The number of rotatable bonds is 3. The molecule has 1 saturated heterocycles. The standard InChI is InChI=1S/C24H26N2O2/c1-16-7-10-19(11-8-16)21-22(25-13-5-4-6-14-25)24(28)26(23(21)27)20-12-9-17(2)15-18(20)3/h7-12,15H,4-6,13-14H2,1-3H3. The maximum atomic E-state index is 13.5. The number of imide groups is 1. The monoisotopic (exact) mass is 374 g/mol. The second kappa shape index (κ2) is 7.27. The second-order valence-electron chi connectivity index (χ2n) is 7.87. The van der Waals surface area contributed by atoms with Gasteiger partial charge in [0.05, 0.1) is 11.3 Å². The summed E-state index contributed by atoms with van der Waals surface area (Å²) >= 11 is 0. The molecule has 0 aliphatic carbocycles. The number of benzene rings is 2. The van der Waals surface area contributed by atoms with Gasteiger partial charge in [-0.05, 0) is 57.2 Å². The lowest BCUT2D eigenvalue weighted by Gasteiger charge is -2.29. The number of nitrogens with zero attached hydrogens (tertiary/aromatic N) is 2. The van der Waals surface area contributed by atoms with E-state index in [0.717, 1.165) is 48.2 Å². The first kappa shape index (κ1) is 18.5. The molecular weight excluding hydrogens is 348 g/mol. The van der Waals surface area contributed by atoms with Gasteiger partial charge in [-0.2, -0.15) is 0 Å². The van der Waals surface area contributed by atoms with E-state index in [1.165, 1.54) is 11.3 Å². The first-order chi connectivity index (χ1) is 13.5. The van der Waals surface area contributed by atoms with Crippen LogP contribution in [0.1, 0.15) is 41.5 Å². The van der Waals surface area contributed by atoms with E-state index < -0.39 is 0 Å². The molecule has 0 N–H and O–H groups in total. The lowest BCUT2D eigenvalue weighted by atomic mass is 10.0. The highest BCUT2D eigenvalue weighted by Gasteiger charge is 2.43. The van der Waals surface area contributed by atoms with Crippen molar-refractivity contribution in [3.63, 3.8) is 0 Å². The molecule has 4 nitrogen and oxygen atoms in total. The summed E-state index contributed by atoms with van der Waals surface area (Å²) in [5.74, 6) is -0.421. The van der Waals surface area contributed by atoms with Crippen LogP contribution in [0, 0.1) is 20.8 Å². The minimum absolute atomic E-state index is 0.200. The van der Waals surface area contributed by atoms with Crippen molar-refractivity contribution in [2.45, 2.75) is 40.0 Å². The molecule has 0 aromatic heterocycles. The first-order valence-corrected chi connectivity index (χ1v) is 9.99. The Hall–Kier alpha value is -2.88. The van der Waals surface area contributed by atoms with E-state index in [2.05, 4.69) is 4.90 Å². The van der Waals surface area contributed by atoms with Crippen LogP contribution in [0.2, 0.25) is 0 Å². The predicted octanol–water partition coefficient (Wildman–Crippen LogP) is 4.38. The third kappa shape index (κ3) is 3.13. The maximum Gasteiger partial charge on any atom is 0.282 e. The topological polar surface area (TPSA) is 40.6 Å². The van der Waals surface area contributed by atoms with Crippen LogP contribution < -0.4 is 4.90 Å². The molecule has 4 rings (SSSR count). The Morgan fingerprint density at radius 1 is 0.750 bits per heavy atom. The van der Waals surface area contributed by atoms with E-state index in [1.54, 1.807) is 0 Å². The van der Waals surface area contributed by atoms with Crippen molar-refractivity contribution < 1.29 is 9.59 Å². The fourth-order valence-corrected chi connectivity index (χ4v) is 4.18. The number of piperidine rings is 1. The van der Waals surface area contributed by atoms with Gasteiger partial charge in [-0.25, -0.2) is 4.90 Å². The molecule has 2 aromatic carbocycles. The van der Waals surface area contributed by atoms with Crippen molar-refractivity contribution in [1.29, 1.82) is 0 Å². The van der Waals surface area contributed by atoms with Gasteiger partial charge in [0.25, 0.3) is 11.8 Å². The smallest absolute Gasteiger partial charge is 0.282 e. The molecule has 2 amide bonds. The fourth-order valence-electron chi connectivity index (χ4n) is 4.18. The largest absolute Gasteiger partial charge is 0.366 e. The van der Waals surface area contributed by atoms with Crippen LogP contribution in [0.25, 0.3) is 5.57 Å². The van der Waals surface area contributed by atoms with Crippen molar-refractivity contribution in [3.8, 4) is 0 Å². The minimum Gasteiger partial charge on any atom is -0.366 e. The highest BCUT2D eigenvalue weighted by atomic mass is 16.2. The molecule has 144 valence electrons. The third-order valence-electron chi connectivity index (χ3n) is 5.67. The first-order valence-electron chi connectivity index (χ1n) is 9.99. The van der Waals surface area contributed by atoms with Crippen molar-refractivity contribution in [2.24, 2.45) is 0 Å². The van der Waals surface area contributed by atoms with Crippen LogP contribution in [0.3, 0.4) is 0 Å². The summed E-state index contributed by atoms with van der Waals surface area (Å²) < 4.78 is 0. The number of amides is 2. The van der Waals surface area contributed by atoms with Gasteiger partial charge in [-0.15, -0.1) is 0 Å². The lowest BCUT2D eigenvalue weighted by Crippen LogP contribution is -2.37. The van der Waals surface area contributed by atoms with Gasteiger partial charge in [0.2, 0.25) is 0 Å². The highest BCUT2D eigenvalue weighted by Crippen LogP contribution is 2.37. The number of aryl methyl sites for hydroxylation is 3. The lowest BCUT2D eigenvalue weighted by molar-refractivity contribution is -0.120. The Morgan fingerprint density at radius 3 is 2.04 bits per heavy atom. The molecule has 2 aliphatic rings. The molecule has 2 heterocycles. The number of hydrogen-bond acceptors (Lipinski definition) is 3. The molecule has 0 saturated carbocycles. The van der Waals surface area contributed by atoms with Crippen LogP contribution in [-0.4, -0.2) is 29.8 Å². The Balaban J connectivity index is 1.84. The quantitative estimate of drug-likeness (QED) is 0.749. The molecule has 2 aliphatic heterocycles.